The lowest BCUT2D eigenvalue weighted by atomic mass is 10.1. The first-order chi connectivity index (χ1) is 12.5. The van der Waals surface area contributed by atoms with Gasteiger partial charge in [0.1, 0.15) is 5.82 Å². The van der Waals surface area contributed by atoms with Gasteiger partial charge < -0.3 is 9.47 Å². The first kappa shape index (κ1) is 16.8. The Balaban J connectivity index is 1.64. The van der Waals surface area contributed by atoms with Crippen LogP contribution in [0.2, 0.25) is 0 Å². The fraction of sp³-hybridized carbons (Fsp3) is 0.294. The lowest BCUT2D eigenvalue weighted by Crippen LogP contribution is -2.41. The molecule has 1 aliphatic rings. The molecule has 1 amide bonds. The SMILES string of the molecule is Cc1nsc(-c2ncc3n2CCN(C(=O)c2ccc(F)c(F)c2)C3C)n1. The van der Waals surface area contributed by atoms with Crippen LogP contribution in [0.15, 0.2) is 24.4 Å². The number of aromatic nitrogens is 4. The predicted molar refractivity (Wildman–Crippen MR) is 91.7 cm³/mol. The minimum Gasteiger partial charge on any atom is -0.329 e. The van der Waals surface area contributed by atoms with Crippen LogP contribution in [-0.4, -0.2) is 36.3 Å². The average Bonchev–Trinajstić information content (AvgIpc) is 3.23. The second kappa shape index (κ2) is 6.24. The van der Waals surface area contributed by atoms with Gasteiger partial charge in [-0.05, 0) is 43.6 Å². The minimum absolute atomic E-state index is 0.128. The molecule has 26 heavy (non-hydrogen) atoms. The van der Waals surface area contributed by atoms with E-state index in [-0.39, 0.29) is 17.5 Å². The van der Waals surface area contributed by atoms with Gasteiger partial charge in [-0.2, -0.15) is 4.37 Å². The highest BCUT2D eigenvalue weighted by Gasteiger charge is 2.31. The van der Waals surface area contributed by atoms with Crippen molar-refractivity contribution >= 4 is 17.4 Å². The summed E-state index contributed by atoms with van der Waals surface area (Å²) in [5.74, 6) is -0.904. The molecule has 4 rings (SSSR count). The molecule has 0 bridgehead atoms. The lowest BCUT2D eigenvalue weighted by molar-refractivity contribution is 0.0644. The van der Waals surface area contributed by atoms with Crippen molar-refractivity contribution in [2.45, 2.75) is 26.4 Å². The number of rotatable bonds is 2. The fourth-order valence-corrected chi connectivity index (χ4v) is 3.83. The van der Waals surface area contributed by atoms with Crippen LogP contribution in [0.5, 0.6) is 0 Å². The van der Waals surface area contributed by atoms with Gasteiger partial charge in [-0.1, -0.05) is 0 Å². The molecule has 1 atom stereocenters. The summed E-state index contributed by atoms with van der Waals surface area (Å²) >= 11 is 1.29. The minimum atomic E-state index is -1.03. The van der Waals surface area contributed by atoms with Gasteiger partial charge in [-0.15, -0.1) is 0 Å². The number of hydrogen-bond donors (Lipinski definition) is 0. The van der Waals surface area contributed by atoms with Crippen LogP contribution in [0.4, 0.5) is 8.78 Å². The number of carbonyl (C=O) groups excluding carboxylic acids is 1. The predicted octanol–water partition coefficient (Wildman–Crippen LogP) is 3.21. The maximum atomic E-state index is 13.5. The summed E-state index contributed by atoms with van der Waals surface area (Å²) in [7, 11) is 0. The third-order valence-electron chi connectivity index (χ3n) is 4.49. The third kappa shape index (κ3) is 2.68. The molecule has 3 aromatic rings. The molecular formula is C17H15F2N5OS. The second-order valence-electron chi connectivity index (χ2n) is 6.11. The van der Waals surface area contributed by atoms with Gasteiger partial charge in [0.05, 0.1) is 17.9 Å². The van der Waals surface area contributed by atoms with Crippen LogP contribution < -0.4 is 0 Å². The molecule has 3 heterocycles. The number of carbonyl (C=O) groups is 1. The van der Waals surface area contributed by atoms with E-state index >= 15 is 0 Å². The quantitative estimate of drug-likeness (QED) is 0.690. The molecule has 0 aliphatic carbocycles. The van der Waals surface area contributed by atoms with E-state index in [9.17, 15) is 13.6 Å². The van der Waals surface area contributed by atoms with E-state index in [2.05, 4.69) is 14.3 Å². The number of amides is 1. The van der Waals surface area contributed by atoms with Crippen molar-refractivity contribution in [1.82, 2.24) is 23.8 Å². The average molecular weight is 375 g/mol. The lowest BCUT2D eigenvalue weighted by Gasteiger charge is -2.35. The largest absolute Gasteiger partial charge is 0.329 e. The van der Waals surface area contributed by atoms with Crippen LogP contribution in [0.25, 0.3) is 10.8 Å². The number of halogens is 2. The molecule has 1 aromatic carbocycles. The van der Waals surface area contributed by atoms with E-state index in [1.54, 1.807) is 11.1 Å². The molecule has 0 N–H and O–H groups in total. The molecule has 9 heteroatoms. The van der Waals surface area contributed by atoms with Crippen LogP contribution >= 0.6 is 11.5 Å². The number of fused-ring (bicyclic) bond motifs is 1. The summed E-state index contributed by atoms with van der Waals surface area (Å²) in [6.45, 7) is 4.70. The van der Waals surface area contributed by atoms with E-state index < -0.39 is 11.6 Å². The molecule has 0 fully saturated rings. The van der Waals surface area contributed by atoms with Gasteiger partial charge in [-0.25, -0.2) is 18.7 Å². The summed E-state index contributed by atoms with van der Waals surface area (Å²) in [5.41, 5.74) is 0.999. The first-order valence-corrected chi connectivity index (χ1v) is 8.85. The topological polar surface area (TPSA) is 63.9 Å². The molecule has 134 valence electrons. The zero-order valence-electron chi connectivity index (χ0n) is 14.1. The monoisotopic (exact) mass is 375 g/mol. The fourth-order valence-electron chi connectivity index (χ4n) is 3.15. The van der Waals surface area contributed by atoms with Gasteiger partial charge in [0, 0.05) is 18.7 Å². The number of aryl methyl sites for hydroxylation is 1. The van der Waals surface area contributed by atoms with E-state index in [1.165, 1.54) is 17.6 Å². The Bertz CT molecular complexity index is 999. The maximum absolute atomic E-state index is 13.5. The number of hydrogen-bond acceptors (Lipinski definition) is 5. The van der Waals surface area contributed by atoms with E-state index in [1.807, 2.05) is 18.4 Å². The molecular weight excluding hydrogens is 360 g/mol. The summed E-state index contributed by atoms with van der Waals surface area (Å²) < 4.78 is 32.8. The molecule has 0 saturated carbocycles. The third-order valence-corrected chi connectivity index (χ3v) is 5.30. The van der Waals surface area contributed by atoms with Gasteiger partial charge in [0.25, 0.3) is 5.91 Å². The Hall–Kier alpha value is -2.68. The maximum Gasteiger partial charge on any atom is 0.254 e. The Labute approximate surface area is 152 Å². The zero-order chi connectivity index (χ0) is 18.4. The number of imidazole rings is 1. The molecule has 2 aromatic heterocycles. The van der Waals surface area contributed by atoms with E-state index in [0.29, 0.717) is 18.9 Å². The number of nitrogens with zero attached hydrogens (tertiary/aromatic N) is 5. The highest BCUT2D eigenvalue weighted by molar-refractivity contribution is 7.09. The Morgan fingerprint density at radius 3 is 2.77 bits per heavy atom. The van der Waals surface area contributed by atoms with Gasteiger partial charge in [0.2, 0.25) is 0 Å². The van der Waals surface area contributed by atoms with Crippen molar-refractivity contribution in [1.29, 1.82) is 0 Å². The van der Waals surface area contributed by atoms with Crippen molar-refractivity contribution in [3.63, 3.8) is 0 Å². The molecule has 0 spiro atoms. The van der Waals surface area contributed by atoms with Crippen molar-refractivity contribution in [3.05, 3.63) is 53.1 Å². The summed E-state index contributed by atoms with van der Waals surface area (Å²) in [6.07, 6.45) is 1.72. The van der Waals surface area contributed by atoms with Crippen LogP contribution in [-0.2, 0) is 6.54 Å². The highest BCUT2D eigenvalue weighted by Crippen LogP contribution is 2.31. The van der Waals surface area contributed by atoms with Crippen molar-refractivity contribution in [3.8, 4) is 10.8 Å². The summed E-state index contributed by atoms with van der Waals surface area (Å²) in [5, 5.41) is 0.737. The van der Waals surface area contributed by atoms with Gasteiger partial charge >= 0.3 is 0 Å². The van der Waals surface area contributed by atoms with Crippen LogP contribution in [0, 0.1) is 18.6 Å². The first-order valence-electron chi connectivity index (χ1n) is 8.08. The number of benzene rings is 1. The smallest absolute Gasteiger partial charge is 0.254 e. The Morgan fingerprint density at radius 1 is 1.27 bits per heavy atom. The van der Waals surface area contributed by atoms with Crippen molar-refractivity contribution in [2.75, 3.05) is 6.54 Å². The molecule has 1 aliphatic heterocycles. The van der Waals surface area contributed by atoms with E-state index in [0.717, 1.165) is 28.7 Å². The highest BCUT2D eigenvalue weighted by atomic mass is 32.1. The molecule has 0 saturated heterocycles. The van der Waals surface area contributed by atoms with Crippen molar-refractivity contribution < 1.29 is 13.6 Å². The molecule has 0 radical (unpaired) electrons. The molecule has 6 nitrogen and oxygen atoms in total. The van der Waals surface area contributed by atoms with Gasteiger partial charge in [0.15, 0.2) is 22.5 Å². The zero-order valence-corrected chi connectivity index (χ0v) is 14.9. The molecule has 1 unspecified atom stereocenters. The summed E-state index contributed by atoms with van der Waals surface area (Å²) in [6, 6.07) is 2.96. The summed E-state index contributed by atoms with van der Waals surface area (Å²) in [4.78, 5) is 23.2. The van der Waals surface area contributed by atoms with Crippen LogP contribution in [0.1, 0.15) is 34.8 Å². The van der Waals surface area contributed by atoms with E-state index in [4.69, 9.17) is 0 Å². The van der Waals surface area contributed by atoms with Crippen molar-refractivity contribution in [2.24, 2.45) is 0 Å². The van der Waals surface area contributed by atoms with Crippen LogP contribution in [0.3, 0.4) is 0 Å². The Kier molecular flexibility index (Phi) is 4.03. The standard InChI is InChI=1S/C17H15F2N5OS/c1-9-14-8-20-15(16-21-10(2)22-26-16)24(14)6-5-23(9)17(25)11-3-4-12(18)13(19)7-11/h3-4,7-9H,5-6H2,1-2H3. The second-order valence-corrected chi connectivity index (χ2v) is 6.86. The Morgan fingerprint density at radius 2 is 2.08 bits per heavy atom. The normalized spacial score (nSPS) is 16.6. The van der Waals surface area contributed by atoms with Gasteiger partial charge in [-0.3, -0.25) is 4.79 Å².